The number of piperidine rings is 1. The molecule has 0 spiro atoms. The van der Waals surface area contributed by atoms with Crippen LogP contribution < -0.4 is 10.2 Å². The first-order valence-electron chi connectivity index (χ1n) is 8.31. The van der Waals surface area contributed by atoms with E-state index in [0.29, 0.717) is 29.2 Å². The van der Waals surface area contributed by atoms with Gasteiger partial charge in [-0.1, -0.05) is 6.42 Å². The molecule has 2 saturated heterocycles. The van der Waals surface area contributed by atoms with Gasteiger partial charge >= 0.3 is 0 Å². The Morgan fingerprint density at radius 1 is 1.25 bits per heavy atom. The molecule has 2 aliphatic heterocycles. The highest BCUT2D eigenvalue weighted by atomic mass is 32.1. The highest BCUT2D eigenvalue weighted by Gasteiger charge is 2.32. The second-order valence-corrected chi connectivity index (χ2v) is 7.43. The molecule has 5 rings (SSSR count). The minimum absolute atomic E-state index is 0.149. The Kier molecular flexibility index (Phi) is 3.24. The lowest BCUT2D eigenvalue weighted by molar-refractivity contribution is 0.276. The Morgan fingerprint density at radius 2 is 2.08 bits per heavy atom. The van der Waals surface area contributed by atoms with Gasteiger partial charge < -0.3 is 19.7 Å². The van der Waals surface area contributed by atoms with Crippen molar-refractivity contribution in [2.24, 2.45) is 0 Å². The van der Waals surface area contributed by atoms with Crippen molar-refractivity contribution in [1.82, 2.24) is 15.3 Å². The van der Waals surface area contributed by atoms with E-state index < -0.39 is 0 Å². The minimum Gasteiger partial charge on any atom is -0.506 e. The number of fused-ring (bicyclic) bond motifs is 3. The number of benzene rings is 1. The Hall–Kier alpha value is -2.12. The van der Waals surface area contributed by atoms with Crippen molar-refractivity contribution in [3.8, 4) is 16.3 Å². The van der Waals surface area contributed by atoms with Crippen LogP contribution in [0.1, 0.15) is 19.3 Å². The number of piperazine rings is 1. The number of anilines is 1. The van der Waals surface area contributed by atoms with E-state index in [1.165, 1.54) is 19.3 Å². The van der Waals surface area contributed by atoms with Crippen LogP contribution in [0, 0.1) is 0 Å². The van der Waals surface area contributed by atoms with Gasteiger partial charge in [0.2, 0.25) is 0 Å². The summed E-state index contributed by atoms with van der Waals surface area (Å²) in [5.41, 5.74) is 2.01. The molecular formula is C17H18N4O2S. The third-order valence-corrected chi connectivity index (χ3v) is 5.71. The van der Waals surface area contributed by atoms with Crippen molar-refractivity contribution in [2.45, 2.75) is 31.3 Å². The fraction of sp³-hybridized carbons (Fsp3) is 0.412. The fourth-order valence-electron chi connectivity index (χ4n) is 3.80. The molecule has 124 valence electrons. The molecule has 2 bridgehead atoms. The molecule has 0 amide bonds. The molecular weight excluding hydrogens is 324 g/mol. The van der Waals surface area contributed by atoms with Gasteiger partial charge in [-0.15, -0.1) is 11.3 Å². The Morgan fingerprint density at radius 3 is 2.83 bits per heavy atom. The fourth-order valence-corrected chi connectivity index (χ4v) is 4.46. The summed E-state index contributed by atoms with van der Waals surface area (Å²) in [5.74, 6) is 0.149. The third-order valence-electron chi connectivity index (χ3n) is 4.90. The average Bonchev–Trinajstić information content (AvgIpc) is 3.25. The van der Waals surface area contributed by atoms with Crippen molar-refractivity contribution >= 4 is 28.5 Å². The van der Waals surface area contributed by atoms with Gasteiger partial charge in [0.25, 0.3) is 6.01 Å². The standard InChI is InChI=1S/C17H18N4O2S/c22-13-5-4-12(16-18-6-7-24-16)15-14(13)20-17(23-15)21-8-10-2-1-3-11(9-21)19-10/h4-7,10-11,19,22H,1-3,8-9H2. The molecule has 3 aromatic rings. The number of nitrogens with one attached hydrogen (secondary N) is 1. The zero-order valence-electron chi connectivity index (χ0n) is 13.1. The normalized spacial score (nSPS) is 23.8. The molecule has 2 fully saturated rings. The van der Waals surface area contributed by atoms with Crippen LogP contribution in [0.2, 0.25) is 0 Å². The van der Waals surface area contributed by atoms with E-state index in [1.807, 2.05) is 11.4 Å². The lowest BCUT2D eigenvalue weighted by Crippen LogP contribution is -2.58. The van der Waals surface area contributed by atoms with E-state index in [0.717, 1.165) is 23.7 Å². The van der Waals surface area contributed by atoms with Gasteiger partial charge in [0.15, 0.2) is 11.1 Å². The average molecular weight is 342 g/mol. The number of oxazole rings is 1. The van der Waals surface area contributed by atoms with E-state index in [2.05, 4.69) is 20.2 Å². The number of aromatic nitrogens is 2. The largest absolute Gasteiger partial charge is 0.506 e. The Balaban J connectivity index is 1.58. The molecule has 0 aliphatic carbocycles. The van der Waals surface area contributed by atoms with Crippen LogP contribution in [0.3, 0.4) is 0 Å². The summed E-state index contributed by atoms with van der Waals surface area (Å²) < 4.78 is 6.10. The summed E-state index contributed by atoms with van der Waals surface area (Å²) in [6, 6.07) is 5.11. The van der Waals surface area contributed by atoms with E-state index >= 15 is 0 Å². The maximum atomic E-state index is 10.2. The number of hydrogen-bond acceptors (Lipinski definition) is 7. The van der Waals surface area contributed by atoms with Crippen LogP contribution in [0.25, 0.3) is 21.7 Å². The van der Waals surface area contributed by atoms with Gasteiger partial charge in [0.05, 0.1) is 5.56 Å². The first kappa shape index (κ1) is 14.2. The van der Waals surface area contributed by atoms with Crippen molar-refractivity contribution < 1.29 is 9.52 Å². The summed E-state index contributed by atoms with van der Waals surface area (Å²) in [6.45, 7) is 1.80. The predicted molar refractivity (Wildman–Crippen MR) is 93.6 cm³/mol. The second kappa shape index (κ2) is 5.46. The monoisotopic (exact) mass is 342 g/mol. The summed E-state index contributed by atoms with van der Waals surface area (Å²) >= 11 is 1.55. The quantitative estimate of drug-likeness (QED) is 0.746. The lowest BCUT2D eigenvalue weighted by atomic mass is 9.94. The molecule has 4 heterocycles. The highest BCUT2D eigenvalue weighted by Crippen LogP contribution is 2.37. The SMILES string of the molecule is Oc1ccc(-c2nccs2)c2oc(N3CC4CCCC(C3)N4)nc12. The predicted octanol–water partition coefficient (Wildman–Crippen LogP) is 2.99. The molecule has 2 aliphatic rings. The van der Waals surface area contributed by atoms with Crippen LogP contribution >= 0.6 is 11.3 Å². The van der Waals surface area contributed by atoms with Crippen molar-refractivity contribution in [3.63, 3.8) is 0 Å². The van der Waals surface area contributed by atoms with Crippen LogP contribution in [0.4, 0.5) is 6.01 Å². The molecule has 2 aromatic heterocycles. The van der Waals surface area contributed by atoms with E-state index in [-0.39, 0.29) is 5.75 Å². The number of aromatic hydroxyl groups is 1. The van der Waals surface area contributed by atoms with Crippen LogP contribution in [-0.2, 0) is 0 Å². The number of rotatable bonds is 2. The van der Waals surface area contributed by atoms with Gasteiger partial charge in [-0.25, -0.2) is 4.98 Å². The molecule has 24 heavy (non-hydrogen) atoms. The van der Waals surface area contributed by atoms with Crippen molar-refractivity contribution in [1.29, 1.82) is 0 Å². The number of phenols is 1. The van der Waals surface area contributed by atoms with Crippen LogP contribution in [0.5, 0.6) is 5.75 Å². The topological polar surface area (TPSA) is 74.4 Å². The summed E-state index contributed by atoms with van der Waals surface area (Å²) in [7, 11) is 0. The zero-order chi connectivity index (χ0) is 16.1. The van der Waals surface area contributed by atoms with Crippen LogP contribution in [0.15, 0.2) is 28.1 Å². The minimum atomic E-state index is 0.149. The molecule has 2 atom stereocenters. The van der Waals surface area contributed by atoms with Gasteiger partial charge in [-0.3, -0.25) is 0 Å². The highest BCUT2D eigenvalue weighted by molar-refractivity contribution is 7.13. The maximum absolute atomic E-state index is 10.2. The maximum Gasteiger partial charge on any atom is 0.298 e. The summed E-state index contributed by atoms with van der Waals surface area (Å²) in [5, 5.41) is 16.7. The van der Waals surface area contributed by atoms with E-state index in [1.54, 1.807) is 23.6 Å². The van der Waals surface area contributed by atoms with Gasteiger partial charge in [-0.2, -0.15) is 4.98 Å². The van der Waals surface area contributed by atoms with Gasteiger partial charge in [0.1, 0.15) is 10.8 Å². The number of hydrogen-bond donors (Lipinski definition) is 2. The summed E-state index contributed by atoms with van der Waals surface area (Å²) in [4.78, 5) is 11.2. The molecule has 7 heteroatoms. The zero-order valence-corrected chi connectivity index (χ0v) is 13.9. The molecule has 0 saturated carbocycles. The smallest absolute Gasteiger partial charge is 0.298 e. The van der Waals surface area contributed by atoms with E-state index in [4.69, 9.17) is 4.42 Å². The lowest BCUT2D eigenvalue weighted by Gasteiger charge is -2.41. The summed E-state index contributed by atoms with van der Waals surface area (Å²) in [6.07, 6.45) is 5.46. The van der Waals surface area contributed by atoms with Crippen molar-refractivity contribution in [3.05, 3.63) is 23.7 Å². The Labute approximate surface area is 143 Å². The van der Waals surface area contributed by atoms with E-state index in [9.17, 15) is 5.11 Å². The molecule has 6 nitrogen and oxygen atoms in total. The van der Waals surface area contributed by atoms with Crippen LogP contribution in [-0.4, -0.2) is 40.2 Å². The van der Waals surface area contributed by atoms with Crippen molar-refractivity contribution in [2.75, 3.05) is 18.0 Å². The Bertz CT molecular complexity index is 864. The third kappa shape index (κ3) is 2.27. The second-order valence-electron chi connectivity index (χ2n) is 6.54. The molecule has 2 unspecified atom stereocenters. The number of nitrogens with zero attached hydrogens (tertiary/aromatic N) is 3. The number of thiazole rings is 1. The number of phenolic OH excluding ortho intramolecular Hbond substituents is 1. The molecule has 0 radical (unpaired) electrons. The van der Waals surface area contributed by atoms with Gasteiger partial charge in [-0.05, 0) is 25.0 Å². The van der Waals surface area contributed by atoms with Gasteiger partial charge in [0, 0.05) is 36.8 Å². The molecule has 1 aromatic carbocycles. The first-order valence-corrected chi connectivity index (χ1v) is 9.19. The molecule has 2 N–H and O–H groups in total. The first-order chi connectivity index (χ1) is 11.8.